The van der Waals surface area contributed by atoms with Crippen molar-refractivity contribution in [3.8, 4) is 0 Å². The monoisotopic (exact) mass is 206 g/mol. The summed E-state index contributed by atoms with van der Waals surface area (Å²) in [5, 5.41) is 14.1. The van der Waals surface area contributed by atoms with E-state index in [1.807, 2.05) is 18.2 Å². The Hall–Kier alpha value is -0.930. The van der Waals surface area contributed by atoms with Crippen LogP contribution in [-0.2, 0) is 5.60 Å². The molecule has 1 aliphatic heterocycles. The standard InChI is InChI=1S/C12H18N2O/c1-9-7-13-8-10(2)12(9,15)11-5-3-4-6-14-11/h3-6,9-10,13,15H,7-8H2,1-2H3/t9-,10+,12?. The van der Waals surface area contributed by atoms with Gasteiger partial charge in [0, 0.05) is 31.1 Å². The summed E-state index contributed by atoms with van der Waals surface area (Å²) in [7, 11) is 0. The van der Waals surface area contributed by atoms with Gasteiger partial charge in [0.15, 0.2) is 0 Å². The van der Waals surface area contributed by atoms with Crippen LogP contribution in [-0.4, -0.2) is 23.2 Å². The average Bonchev–Trinajstić information content (AvgIpc) is 2.27. The summed E-state index contributed by atoms with van der Waals surface area (Å²) in [5.41, 5.74) is 0.0125. The zero-order valence-corrected chi connectivity index (χ0v) is 9.27. The first-order valence-electron chi connectivity index (χ1n) is 5.50. The summed E-state index contributed by atoms with van der Waals surface area (Å²) in [5.74, 6) is 0.382. The van der Waals surface area contributed by atoms with Crippen molar-refractivity contribution in [2.75, 3.05) is 13.1 Å². The van der Waals surface area contributed by atoms with E-state index in [0.29, 0.717) is 0 Å². The Balaban J connectivity index is 2.38. The molecule has 0 amide bonds. The van der Waals surface area contributed by atoms with Crippen molar-refractivity contribution in [3.05, 3.63) is 30.1 Å². The minimum absolute atomic E-state index is 0.191. The molecule has 1 aliphatic rings. The maximum Gasteiger partial charge on any atom is 0.114 e. The lowest BCUT2D eigenvalue weighted by Gasteiger charge is -2.43. The molecule has 1 fully saturated rings. The number of nitrogens with zero attached hydrogens (tertiary/aromatic N) is 1. The third-order valence-electron chi connectivity index (χ3n) is 3.48. The number of aromatic nitrogens is 1. The van der Waals surface area contributed by atoms with Gasteiger partial charge in [-0.2, -0.15) is 0 Å². The van der Waals surface area contributed by atoms with Gasteiger partial charge in [0.25, 0.3) is 0 Å². The Kier molecular flexibility index (Phi) is 2.76. The third-order valence-corrected chi connectivity index (χ3v) is 3.48. The Morgan fingerprint density at radius 1 is 1.33 bits per heavy atom. The van der Waals surface area contributed by atoms with E-state index in [-0.39, 0.29) is 11.8 Å². The SMILES string of the molecule is C[C@@H]1CNC[C@H](C)C1(O)c1ccccn1. The van der Waals surface area contributed by atoms with E-state index >= 15 is 0 Å². The quantitative estimate of drug-likeness (QED) is 0.724. The van der Waals surface area contributed by atoms with Gasteiger partial charge >= 0.3 is 0 Å². The molecule has 1 unspecified atom stereocenters. The summed E-state index contributed by atoms with van der Waals surface area (Å²) >= 11 is 0. The highest BCUT2D eigenvalue weighted by Crippen LogP contribution is 2.37. The molecule has 0 spiro atoms. The fourth-order valence-corrected chi connectivity index (χ4v) is 2.42. The van der Waals surface area contributed by atoms with Gasteiger partial charge < -0.3 is 10.4 Å². The molecule has 0 bridgehead atoms. The van der Waals surface area contributed by atoms with Gasteiger partial charge in [0.05, 0.1) is 5.69 Å². The predicted molar refractivity (Wildman–Crippen MR) is 59.3 cm³/mol. The number of aliphatic hydroxyl groups is 1. The molecule has 82 valence electrons. The average molecular weight is 206 g/mol. The van der Waals surface area contributed by atoms with Crippen molar-refractivity contribution >= 4 is 0 Å². The van der Waals surface area contributed by atoms with Crippen LogP contribution in [0, 0.1) is 11.8 Å². The van der Waals surface area contributed by atoms with E-state index in [1.54, 1.807) is 6.20 Å². The number of hydrogen-bond donors (Lipinski definition) is 2. The largest absolute Gasteiger partial charge is 0.383 e. The van der Waals surface area contributed by atoms with Gasteiger partial charge in [-0.25, -0.2) is 0 Å². The van der Waals surface area contributed by atoms with Crippen molar-refractivity contribution in [2.24, 2.45) is 11.8 Å². The second-order valence-electron chi connectivity index (χ2n) is 4.50. The molecule has 2 heterocycles. The van der Waals surface area contributed by atoms with Gasteiger partial charge in [0.2, 0.25) is 0 Å². The lowest BCUT2D eigenvalue weighted by atomic mass is 9.73. The minimum atomic E-state index is -0.785. The van der Waals surface area contributed by atoms with E-state index in [9.17, 15) is 5.11 Å². The fraction of sp³-hybridized carbons (Fsp3) is 0.583. The second kappa shape index (κ2) is 3.91. The Labute approximate surface area is 90.5 Å². The van der Waals surface area contributed by atoms with E-state index in [1.165, 1.54) is 0 Å². The Morgan fingerprint density at radius 2 is 2.00 bits per heavy atom. The fourth-order valence-electron chi connectivity index (χ4n) is 2.42. The number of rotatable bonds is 1. The molecular weight excluding hydrogens is 188 g/mol. The van der Waals surface area contributed by atoms with E-state index in [0.717, 1.165) is 18.8 Å². The first kappa shape index (κ1) is 10.6. The van der Waals surface area contributed by atoms with Crippen molar-refractivity contribution < 1.29 is 5.11 Å². The molecule has 3 nitrogen and oxygen atoms in total. The first-order chi connectivity index (χ1) is 7.15. The molecule has 2 N–H and O–H groups in total. The lowest BCUT2D eigenvalue weighted by molar-refractivity contribution is -0.0840. The van der Waals surface area contributed by atoms with Crippen LogP contribution in [0.5, 0.6) is 0 Å². The van der Waals surface area contributed by atoms with Crippen molar-refractivity contribution in [1.29, 1.82) is 0 Å². The molecule has 0 aromatic carbocycles. The van der Waals surface area contributed by atoms with E-state index in [4.69, 9.17) is 0 Å². The first-order valence-corrected chi connectivity index (χ1v) is 5.50. The van der Waals surface area contributed by atoms with E-state index in [2.05, 4.69) is 24.1 Å². The van der Waals surface area contributed by atoms with Gasteiger partial charge in [-0.05, 0) is 12.1 Å². The predicted octanol–water partition coefficient (Wildman–Crippen LogP) is 1.14. The molecule has 0 radical (unpaired) electrons. The highest BCUT2D eigenvalue weighted by Gasteiger charge is 2.44. The smallest absolute Gasteiger partial charge is 0.114 e. The number of pyridine rings is 1. The van der Waals surface area contributed by atoms with Crippen molar-refractivity contribution in [3.63, 3.8) is 0 Å². The highest BCUT2D eigenvalue weighted by atomic mass is 16.3. The zero-order chi connectivity index (χ0) is 10.9. The normalized spacial score (nSPS) is 36.5. The number of nitrogens with one attached hydrogen (secondary N) is 1. The van der Waals surface area contributed by atoms with Crippen LogP contribution in [0.2, 0.25) is 0 Å². The highest BCUT2D eigenvalue weighted by molar-refractivity contribution is 5.17. The van der Waals surface area contributed by atoms with Crippen LogP contribution in [0.4, 0.5) is 0 Å². The second-order valence-corrected chi connectivity index (χ2v) is 4.50. The molecule has 1 saturated heterocycles. The lowest BCUT2D eigenvalue weighted by Crippen LogP contribution is -2.53. The van der Waals surface area contributed by atoms with Gasteiger partial charge in [-0.15, -0.1) is 0 Å². The van der Waals surface area contributed by atoms with Gasteiger partial charge in [-0.3, -0.25) is 4.98 Å². The van der Waals surface area contributed by atoms with E-state index < -0.39 is 5.60 Å². The Bertz CT molecular complexity index is 316. The molecule has 15 heavy (non-hydrogen) atoms. The number of piperidine rings is 1. The maximum absolute atomic E-state index is 10.8. The van der Waals surface area contributed by atoms with Gasteiger partial charge in [0.1, 0.15) is 5.60 Å². The molecular formula is C12H18N2O. The topological polar surface area (TPSA) is 45.1 Å². The summed E-state index contributed by atoms with van der Waals surface area (Å²) in [6.45, 7) is 5.82. The number of hydrogen-bond acceptors (Lipinski definition) is 3. The molecule has 3 atom stereocenters. The van der Waals surface area contributed by atoms with Crippen LogP contribution in [0.3, 0.4) is 0 Å². The van der Waals surface area contributed by atoms with Crippen LogP contribution in [0.25, 0.3) is 0 Å². The maximum atomic E-state index is 10.8. The van der Waals surface area contributed by atoms with Crippen LogP contribution in [0.15, 0.2) is 24.4 Å². The third kappa shape index (κ3) is 1.66. The van der Waals surface area contributed by atoms with Crippen LogP contribution >= 0.6 is 0 Å². The summed E-state index contributed by atoms with van der Waals surface area (Å²) in [6, 6.07) is 5.73. The summed E-state index contributed by atoms with van der Waals surface area (Å²) in [6.07, 6.45) is 1.74. The molecule has 3 heteroatoms. The van der Waals surface area contributed by atoms with Gasteiger partial charge in [-0.1, -0.05) is 19.9 Å². The Morgan fingerprint density at radius 3 is 2.53 bits per heavy atom. The van der Waals surface area contributed by atoms with Crippen molar-refractivity contribution in [1.82, 2.24) is 10.3 Å². The zero-order valence-electron chi connectivity index (χ0n) is 9.27. The molecule has 0 aliphatic carbocycles. The summed E-state index contributed by atoms with van der Waals surface area (Å²) in [4.78, 5) is 4.30. The molecule has 1 aromatic heterocycles. The van der Waals surface area contributed by atoms with Crippen LogP contribution in [0.1, 0.15) is 19.5 Å². The van der Waals surface area contributed by atoms with Crippen LogP contribution < -0.4 is 5.32 Å². The van der Waals surface area contributed by atoms with Crippen molar-refractivity contribution in [2.45, 2.75) is 19.4 Å². The summed E-state index contributed by atoms with van der Waals surface area (Å²) < 4.78 is 0. The molecule has 2 rings (SSSR count). The molecule has 0 saturated carbocycles. The minimum Gasteiger partial charge on any atom is -0.383 e. The molecule has 1 aromatic rings.